The summed E-state index contributed by atoms with van der Waals surface area (Å²) in [5.74, 6) is -0.657. The second kappa shape index (κ2) is 8.75. The Kier molecular flexibility index (Phi) is 6.66. The quantitative estimate of drug-likeness (QED) is 0.493. The Bertz CT molecular complexity index is 728. The molecule has 0 saturated carbocycles. The Morgan fingerprint density at radius 3 is 1.22 bits per heavy atom. The lowest BCUT2D eigenvalue weighted by atomic mass is 9.98. The fourth-order valence-electron chi connectivity index (χ4n) is 2.34. The third-order valence-electron chi connectivity index (χ3n) is 4.03. The summed E-state index contributed by atoms with van der Waals surface area (Å²) in [5.41, 5.74) is 1.19. The minimum Gasteiger partial charge on any atom is -0.289 e. The van der Waals surface area contributed by atoms with E-state index in [2.05, 4.69) is 0 Å². The predicted molar refractivity (Wildman–Crippen MR) is 103 cm³/mol. The van der Waals surface area contributed by atoms with Gasteiger partial charge in [-0.25, -0.2) is 9.78 Å². The molecule has 1 aliphatic rings. The van der Waals surface area contributed by atoms with Crippen LogP contribution in [0, 0.1) is 0 Å². The number of carbonyl (C=O) groups excluding carboxylic acids is 2. The van der Waals surface area contributed by atoms with Crippen LogP contribution in [0.1, 0.15) is 38.8 Å². The van der Waals surface area contributed by atoms with Crippen LogP contribution in [0.5, 0.6) is 0 Å². The molecule has 1 heterocycles. The molecule has 0 bridgehead atoms. The molecule has 2 aromatic carbocycles. The van der Waals surface area contributed by atoms with Gasteiger partial charge in [-0.2, -0.15) is 0 Å². The third-order valence-corrected chi connectivity index (χ3v) is 4.03. The molecule has 5 heteroatoms. The number of imide groups is 1. The van der Waals surface area contributed by atoms with Crippen molar-refractivity contribution in [1.29, 1.82) is 0 Å². The number of carbonyl (C=O) groups is 2. The highest BCUT2D eigenvalue weighted by molar-refractivity contribution is 6.12. The van der Waals surface area contributed by atoms with Gasteiger partial charge in [-0.1, -0.05) is 60.7 Å². The molecule has 2 aromatic rings. The molecule has 0 radical (unpaired) electrons. The van der Waals surface area contributed by atoms with E-state index in [9.17, 15) is 9.59 Å². The van der Waals surface area contributed by atoms with Crippen molar-refractivity contribution in [3.05, 3.63) is 83.9 Å². The monoisotopic (exact) mass is 367 g/mol. The molecule has 0 spiro atoms. The Morgan fingerprint density at radius 2 is 0.963 bits per heavy atom. The zero-order valence-electron chi connectivity index (χ0n) is 16.1. The predicted octanol–water partition coefficient (Wildman–Crippen LogP) is 4.00. The van der Waals surface area contributed by atoms with Crippen LogP contribution in [0.3, 0.4) is 0 Å². The summed E-state index contributed by atoms with van der Waals surface area (Å²) in [6.45, 7) is 8.01. The van der Waals surface area contributed by atoms with Gasteiger partial charge in [0.1, 0.15) is 11.2 Å². The molecule has 0 unspecified atom stereocenters. The van der Waals surface area contributed by atoms with E-state index < -0.39 is 11.2 Å². The highest BCUT2D eigenvalue weighted by Gasteiger charge is 2.29. The van der Waals surface area contributed by atoms with Crippen molar-refractivity contribution in [1.82, 2.24) is 5.32 Å². The van der Waals surface area contributed by atoms with E-state index in [1.165, 1.54) is 12.2 Å². The molecule has 142 valence electrons. The first-order chi connectivity index (χ1) is 12.7. The molecule has 3 rings (SSSR count). The van der Waals surface area contributed by atoms with Crippen LogP contribution in [0.15, 0.2) is 72.8 Å². The Hall–Kier alpha value is -2.76. The molecular formula is C22H25NO4. The van der Waals surface area contributed by atoms with Crippen LogP contribution < -0.4 is 5.32 Å². The maximum absolute atomic E-state index is 10.0. The van der Waals surface area contributed by atoms with E-state index in [-0.39, 0.29) is 11.8 Å². The molecule has 5 nitrogen and oxygen atoms in total. The molecule has 1 aliphatic heterocycles. The molecular weight excluding hydrogens is 342 g/mol. The van der Waals surface area contributed by atoms with Gasteiger partial charge in [0, 0.05) is 12.2 Å². The Balaban J connectivity index is 0.000000313. The maximum atomic E-state index is 10.0. The van der Waals surface area contributed by atoms with Gasteiger partial charge in [0.05, 0.1) is 0 Å². The van der Waals surface area contributed by atoms with Gasteiger partial charge in [0.15, 0.2) is 0 Å². The number of benzene rings is 2. The van der Waals surface area contributed by atoms with Gasteiger partial charge in [-0.3, -0.25) is 14.9 Å². The molecule has 0 atom stereocenters. The van der Waals surface area contributed by atoms with Crippen LogP contribution in [0.2, 0.25) is 0 Å². The third kappa shape index (κ3) is 6.16. The second-order valence-corrected chi connectivity index (χ2v) is 7.11. The van der Waals surface area contributed by atoms with Crippen LogP contribution in [-0.2, 0) is 30.6 Å². The standard InChI is InChI=1S/C18H22O2.C4H3NO2/c1-17(2,15-11-7-5-8-12-15)19-20-18(3,4)16-13-9-6-10-14-16;6-3-1-2-4(7)5-3/h5-14H,1-4H3;1-2H,(H,5,6,7). The van der Waals surface area contributed by atoms with E-state index in [0.29, 0.717) is 0 Å². The van der Waals surface area contributed by atoms with E-state index in [1.807, 2.05) is 93.7 Å². The SMILES string of the molecule is CC(C)(OOC(C)(C)c1ccccc1)c1ccccc1.O=C1C=CC(=O)N1. The van der Waals surface area contributed by atoms with Gasteiger partial charge in [0.25, 0.3) is 11.8 Å². The van der Waals surface area contributed by atoms with E-state index >= 15 is 0 Å². The van der Waals surface area contributed by atoms with Crippen molar-refractivity contribution in [2.24, 2.45) is 0 Å². The van der Waals surface area contributed by atoms with Crippen LogP contribution in [0.4, 0.5) is 0 Å². The topological polar surface area (TPSA) is 64.6 Å². The van der Waals surface area contributed by atoms with Crippen LogP contribution in [0.25, 0.3) is 0 Å². The first-order valence-electron chi connectivity index (χ1n) is 8.72. The van der Waals surface area contributed by atoms with Crippen molar-refractivity contribution < 1.29 is 19.4 Å². The molecule has 27 heavy (non-hydrogen) atoms. The van der Waals surface area contributed by atoms with Gasteiger partial charge in [-0.05, 0) is 38.8 Å². The highest BCUT2D eigenvalue weighted by atomic mass is 17.2. The molecule has 1 N–H and O–H groups in total. The van der Waals surface area contributed by atoms with Gasteiger partial charge in [-0.15, -0.1) is 0 Å². The number of hydrogen-bond donors (Lipinski definition) is 1. The van der Waals surface area contributed by atoms with Gasteiger partial charge < -0.3 is 0 Å². The van der Waals surface area contributed by atoms with Gasteiger partial charge >= 0.3 is 0 Å². The lowest BCUT2D eigenvalue weighted by Crippen LogP contribution is -2.29. The molecule has 0 aromatic heterocycles. The normalized spacial score (nSPS) is 13.8. The number of nitrogens with one attached hydrogen (secondary N) is 1. The first kappa shape index (κ1) is 20.6. The van der Waals surface area contributed by atoms with Crippen LogP contribution in [-0.4, -0.2) is 11.8 Å². The van der Waals surface area contributed by atoms with Crippen molar-refractivity contribution in [2.45, 2.75) is 38.9 Å². The average molecular weight is 367 g/mol. The summed E-state index contributed by atoms with van der Waals surface area (Å²) in [6.07, 6.45) is 2.39. The summed E-state index contributed by atoms with van der Waals surface area (Å²) in [6, 6.07) is 20.2. The zero-order chi connectivity index (χ0) is 19.9. The number of rotatable bonds is 5. The van der Waals surface area contributed by atoms with Gasteiger partial charge in [0.2, 0.25) is 0 Å². The highest BCUT2D eigenvalue weighted by Crippen LogP contribution is 2.31. The molecule has 0 saturated heterocycles. The lowest BCUT2D eigenvalue weighted by molar-refractivity contribution is -0.410. The van der Waals surface area contributed by atoms with Crippen molar-refractivity contribution in [2.75, 3.05) is 0 Å². The summed E-state index contributed by atoms with van der Waals surface area (Å²) in [7, 11) is 0. The number of amides is 2. The zero-order valence-corrected chi connectivity index (χ0v) is 16.1. The van der Waals surface area contributed by atoms with Crippen molar-refractivity contribution in [3.8, 4) is 0 Å². The smallest absolute Gasteiger partial charge is 0.250 e. The molecule has 2 amide bonds. The summed E-state index contributed by atoms with van der Waals surface area (Å²) in [5, 5.41) is 2.03. The average Bonchev–Trinajstić information content (AvgIpc) is 3.05. The summed E-state index contributed by atoms with van der Waals surface area (Å²) >= 11 is 0. The number of hydrogen-bond acceptors (Lipinski definition) is 4. The summed E-state index contributed by atoms with van der Waals surface area (Å²) < 4.78 is 0. The summed E-state index contributed by atoms with van der Waals surface area (Å²) in [4.78, 5) is 31.5. The molecule has 0 aliphatic carbocycles. The fourth-order valence-corrected chi connectivity index (χ4v) is 2.34. The van der Waals surface area contributed by atoms with E-state index in [1.54, 1.807) is 0 Å². The largest absolute Gasteiger partial charge is 0.289 e. The minimum absolute atomic E-state index is 0.329. The lowest BCUT2D eigenvalue weighted by Gasteiger charge is -2.31. The van der Waals surface area contributed by atoms with E-state index in [4.69, 9.17) is 9.78 Å². The van der Waals surface area contributed by atoms with Crippen molar-refractivity contribution in [3.63, 3.8) is 0 Å². The van der Waals surface area contributed by atoms with Crippen LogP contribution >= 0.6 is 0 Å². The Labute approximate surface area is 159 Å². The Morgan fingerprint density at radius 1 is 0.630 bits per heavy atom. The molecule has 0 fully saturated rings. The second-order valence-electron chi connectivity index (χ2n) is 7.11. The minimum atomic E-state index is -0.493. The maximum Gasteiger partial charge on any atom is 0.250 e. The van der Waals surface area contributed by atoms with Crippen molar-refractivity contribution >= 4 is 11.8 Å². The van der Waals surface area contributed by atoms with E-state index in [0.717, 1.165) is 11.1 Å². The first-order valence-corrected chi connectivity index (χ1v) is 8.72. The fraction of sp³-hybridized carbons (Fsp3) is 0.273.